The number of halogens is 2. The van der Waals surface area contributed by atoms with E-state index in [1.165, 1.54) is 42.9 Å². The maximum Gasteiger partial charge on any atom is 0.275 e. The molecule has 1 aromatic carbocycles. The summed E-state index contributed by atoms with van der Waals surface area (Å²) in [6.07, 6.45) is 2.32. The number of aromatic nitrogens is 3. The van der Waals surface area contributed by atoms with Crippen LogP contribution in [-0.2, 0) is 11.8 Å². The van der Waals surface area contributed by atoms with Gasteiger partial charge < -0.3 is 25.4 Å². The summed E-state index contributed by atoms with van der Waals surface area (Å²) in [6.45, 7) is 2.44. The van der Waals surface area contributed by atoms with Crippen LogP contribution in [0.2, 0.25) is 0 Å². The average molecular weight is 504 g/mol. The number of rotatable bonds is 7. The van der Waals surface area contributed by atoms with Gasteiger partial charge in [0.25, 0.3) is 22.7 Å². The normalized spacial score (nSPS) is 19.9. The Morgan fingerprint density at radius 1 is 1.28 bits per heavy atom. The second-order valence-electron chi connectivity index (χ2n) is 9.37. The molecule has 0 saturated carbocycles. The van der Waals surface area contributed by atoms with Gasteiger partial charge in [0.15, 0.2) is 11.4 Å². The number of hydrogen-bond acceptors (Lipinski definition) is 9. The van der Waals surface area contributed by atoms with E-state index in [0.29, 0.717) is 11.3 Å². The van der Waals surface area contributed by atoms with Gasteiger partial charge in [-0.1, -0.05) is 0 Å². The van der Waals surface area contributed by atoms with Gasteiger partial charge in [-0.15, -0.1) is 0 Å². The van der Waals surface area contributed by atoms with Gasteiger partial charge in [-0.05, 0) is 25.5 Å². The van der Waals surface area contributed by atoms with Crippen LogP contribution in [0.15, 0.2) is 28.0 Å². The van der Waals surface area contributed by atoms with Crippen molar-refractivity contribution in [3.63, 3.8) is 0 Å². The Kier molecular flexibility index (Phi) is 6.07. The van der Waals surface area contributed by atoms with E-state index in [1.54, 1.807) is 20.2 Å². The first-order chi connectivity index (χ1) is 16.7. The molecule has 2 atom stereocenters. The van der Waals surface area contributed by atoms with Crippen LogP contribution in [0.4, 0.5) is 25.8 Å². The van der Waals surface area contributed by atoms with E-state index >= 15 is 0 Å². The molecule has 1 aliphatic rings. The van der Waals surface area contributed by atoms with Gasteiger partial charge in [0.05, 0.1) is 23.0 Å². The molecule has 0 radical (unpaired) electrons. The van der Waals surface area contributed by atoms with Gasteiger partial charge in [0, 0.05) is 40.0 Å². The molecule has 1 fully saturated rings. The summed E-state index contributed by atoms with van der Waals surface area (Å²) in [6, 6.07) is 0.318. The van der Waals surface area contributed by atoms with Gasteiger partial charge in [0.2, 0.25) is 0 Å². The monoisotopic (exact) mass is 504 g/mol. The van der Waals surface area contributed by atoms with E-state index in [9.17, 15) is 28.3 Å². The molecule has 192 valence electrons. The molecule has 1 aliphatic heterocycles. The van der Waals surface area contributed by atoms with Crippen LogP contribution in [-0.4, -0.2) is 62.9 Å². The van der Waals surface area contributed by atoms with Crippen LogP contribution in [0.3, 0.4) is 0 Å². The first-order valence-electron chi connectivity index (χ1n) is 11.0. The van der Waals surface area contributed by atoms with Gasteiger partial charge in [0.1, 0.15) is 18.0 Å². The number of ether oxygens (including phenoxy) is 1. The minimum atomic E-state index is -3.08. The molecule has 0 aliphatic carbocycles. The summed E-state index contributed by atoms with van der Waals surface area (Å²) in [5.74, 6) is -4.17. The standard InChI is InChI=1S/C23H26F2N6O5/c1-11-8-31(5)29-13(11)20(22(2)9-23(24,25)10-36-22)28-15-14(18(33)19(15)34)27-12-6-7-26-16(17(12)32)21(35)30(3)4/h6-8,20,28,32H,9-10H2,1-5H3,(H,26,27)/t20-,22?/m0/s1. The van der Waals surface area contributed by atoms with Crippen LogP contribution in [0.25, 0.3) is 0 Å². The van der Waals surface area contributed by atoms with Crippen LogP contribution in [0, 0.1) is 6.92 Å². The fourth-order valence-corrected chi connectivity index (χ4v) is 4.34. The third-order valence-corrected chi connectivity index (χ3v) is 6.15. The highest BCUT2D eigenvalue weighted by atomic mass is 19.3. The largest absolute Gasteiger partial charge is 0.504 e. The minimum Gasteiger partial charge on any atom is -0.504 e. The highest BCUT2D eigenvalue weighted by Gasteiger charge is 2.54. The number of carbonyl (C=O) groups excluding carboxylic acids is 1. The molecule has 1 amide bonds. The van der Waals surface area contributed by atoms with Gasteiger partial charge in [-0.2, -0.15) is 5.10 Å². The van der Waals surface area contributed by atoms with Crippen LogP contribution in [0.1, 0.15) is 41.1 Å². The Bertz CT molecular complexity index is 1410. The molecule has 0 spiro atoms. The molecular formula is C23H26F2N6O5. The fourth-order valence-electron chi connectivity index (χ4n) is 4.34. The Morgan fingerprint density at radius 3 is 2.50 bits per heavy atom. The maximum atomic E-state index is 14.2. The highest BCUT2D eigenvalue weighted by Crippen LogP contribution is 2.46. The van der Waals surface area contributed by atoms with Gasteiger partial charge in [-0.3, -0.25) is 19.1 Å². The van der Waals surface area contributed by atoms with E-state index in [0.717, 1.165) is 0 Å². The van der Waals surface area contributed by atoms with Crippen LogP contribution < -0.4 is 21.5 Å². The number of nitrogens with zero attached hydrogens (tertiary/aromatic N) is 4. The average Bonchev–Trinajstić information content (AvgIpc) is 3.29. The minimum absolute atomic E-state index is 0.0363. The number of carbonyl (C=O) groups is 1. The topological polar surface area (TPSA) is 139 Å². The summed E-state index contributed by atoms with van der Waals surface area (Å²) >= 11 is 0. The van der Waals surface area contributed by atoms with Crippen molar-refractivity contribution in [1.29, 1.82) is 0 Å². The molecule has 36 heavy (non-hydrogen) atoms. The highest BCUT2D eigenvalue weighted by molar-refractivity contribution is 5.97. The Morgan fingerprint density at radius 2 is 1.94 bits per heavy atom. The number of anilines is 3. The molecule has 13 heteroatoms. The quantitative estimate of drug-likeness (QED) is 0.411. The van der Waals surface area contributed by atoms with Crippen LogP contribution >= 0.6 is 0 Å². The fraction of sp³-hybridized carbons (Fsp3) is 0.435. The first-order valence-corrected chi connectivity index (χ1v) is 11.0. The molecule has 3 N–H and O–H groups in total. The molecule has 11 nitrogen and oxygen atoms in total. The van der Waals surface area contributed by atoms with Crippen molar-refractivity contribution in [2.45, 2.75) is 37.8 Å². The smallest absolute Gasteiger partial charge is 0.275 e. The third-order valence-electron chi connectivity index (χ3n) is 6.15. The van der Waals surface area contributed by atoms with Crippen molar-refractivity contribution in [3.05, 3.63) is 55.9 Å². The predicted molar refractivity (Wildman–Crippen MR) is 127 cm³/mol. The number of alkyl halides is 2. The lowest BCUT2D eigenvalue weighted by atomic mass is 9.88. The van der Waals surface area contributed by atoms with Gasteiger partial charge >= 0.3 is 0 Å². The number of nitrogens with one attached hydrogen (secondary N) is 2. The molecule has 1 saturated heterocycles. The van der Waals surface area contributed by atoms with Crippen molar-refractivity contribution in [1.82, 2.24) is 19.7 Å². The first kappa shape index (κ1) is 25.2. The zero-order chi connectivity index (χ0) is 26.6. The van der Waals surface area contributed by atoms with Crippen molar-refractivity contribution in [2.24, 2.45) is 7.05 Å². The van der Waals surface area contributed by atoms with Gasteiger partial charge in [-0.25, -0.2) is 13.8 Å². The van der Waals surface area contributed by atoms with Crippen molar-refractivity contribution < 1.29 is 23.4 Å². The molecular weight excluding hydrogens is 478 g/mol. The van der Waals surface area contributed by atoms with E-state index in [-0.39, 0.29) is 22.8 Å². The lowest BCUT2D eigenvalue weighted by molar-refractivity contribution is -0.0248. The molecule has 4 rings (SSSR count). The maximum absolute atomic E-state index is 14.2. The summed E-state index contributed by atoms with van der Waals surface area (Å²) in [5.41, 5.74) is -2.83. The van der Waals surface area contributed by atoms with E-state index in [4.69, 9.17) is 4.74 Å². The number of pyridine rings is 1. The van der Waals surface area contributed by atoms with Crippen molar-refractivity contribution >= 4 is 23.0 Å². The summed E-state index contributed by atoms with van der Waals surface area (Å²) in [7, 11) is 4.64. The molecule has 3 heterocycles. The molecule has 0 bridgehead atoms. The number of amides is 1. The second-order valence-corrected chi connectivity index (χ2v) is 9.37. The zero-order valence-corrected chi connectivity index (χ0v) is 20.3. The summed E-state index contributed by atoms with van der Waals surface area (Å²) in [5, 5.41) is 20.5. The van der Waals surface area contributed by atoms with E-state index < -0.39 is 53.1 Å². The zero-order valence-electron chi connectivity index (χ0n) is 20.3. The molecule has 1 unspecified atom stereocenters. The third kappa shape index (κ3) is 4.30. The number of aryl methyl sites for hydroxylation is 2. The lowest BCUT2D eigenvalue weighted by Crippen LogP contribution is -2.43. The van der Waals surface area contributed by atoms with E-state index in [2.05, 4.69) is 20.7 Å². The predicted octanol–water partition coefficient (Wildman–Crippen LogP) is 1.84. The SMILES string of the molecule is Cc1cn(C)nc1[C@H](Nc1c(Nc2ccnc(C(=O)N(C)C)c2O)c(=O)c1=O)C1(C)CC(F)(F)CO1. The van der Waals surface area contributed by atoms with Crippen molar-refractivity contribution in [3.8, 4) is 5.75 Å². The lowest BCUT2D eigenvalue weighted by Gasteiger charge is -2.34. The van der Waals surface area contributed by atoms with Crippen LogP contribution in [0.5, 0.6) is 5.75 Å². The Hall–Kier alpha value is -3.87. The van der Waals surface area contributed by atoms with Crippen molar-refractivity contribution in [2.75, 3.05) is 31.3 Å². The van der Waals surface area contributed by atoms with E-state index in [1.807, 2.05) is 0 Å². The molecule has 2 aromatic heterocycles. The Labute approximate surface area is 204 Å². The number of hydrogen-bond donors (Lipinski definition) is 3. The number of aromatic hydroxyl groups is 1. The Balaban J connectivity index is 1.72. The molecule has 3 aromatic rings. The second kappa shape index (κ2) is 8.66. The summed E-state index contributed by atoms with van der Waals surface area (Å²) < 4.78 is 35.4. The summed E-state index contributed by atoms with van der Waals surface area (Å²) in [4.78, 5) is 42.4.